The van der Waals surface area contributed by atoms with Gasteiger partial charge in [-0.05, 0) is 12.3 Å². The summed E-state index contributed by atoms with van der Waals surface area (Å²) < 4.78 is 16.0. The van der Waals surface area contributed by atoms with Gasteiger partial charge < -0.3 is 18.8 Å². The van der Waals surface area contributed by atoms with E-state index in [1.54, 1.807) is 26.0 Å². The number of ketones is 1. The molecule has 1 heterocycles. The number of hydrogen-bond acceptors (Lipinski definition) is 5. The Kier molecular flexibility index (Phi) is 5.83. The molecule has 0 spiro atoms. The summed E-state index contributed by atoms with van der Waals surface area (Å²) in [7, 11) is 3.19. The molecule has 1 aliphatic carbocycles. The minimum Gasteiger partial charge on any atom is -0.455 e. The van der Waals surface area contributed by atoms with Crippen LogP contribution in [0.1, 0.15) is 52.5 Å². The Morgan fingerprint density at radius 1 is 1.17 bits per heavy atom. The highest BCUT2D eigenvalue weighted by Crippen LogP contribution is 2.38. The van der Waals surface area contributed by atoms with Crippen molar-refractivity contribution in [2.45, 2.75) is 33.6 Å². The lowest BCUT2D eigenvalue weighted by atomic mass is 9.76. The number of hydrogen-bond donors (Lipinski definition) is 0. The highest BCUT2D eigenvalue weighted by molar-refractivity contribution is 6.03. The molecular formula is C18H27NO5. The van der Waals surface area contributed by atoms with Gasteiger partial charge in [0.2, 0.25) is 0 Å². The highest BCUT2D eigenvalue weighted by Gasteiger charge is 2.37. The number of furan rings is 1. The number of ether oxygens (including phenoxy) is 2. The predicted molar refractivity (Wildman–Crippen MR) is 89.5 cm³/mol. The maximum atomic E-state index is 12.9. The second-order valence-corrected chi connectivity index (χ2v) is 7.07. The molecule has 0 saturated carbocycles. The maximum Gasteiger partial charge on any atom is 0.290 e. The Balaban J connectivity index is 2.30. The van der Waals surface area contributed by atoms with Crippen LogP contribution in [-0.2, 0) is 15.9 Å². The van der Waals surface area contributed by atoms with Gasteiger partial charge in [-0.3, -0.25) is 9.59 Å². The molecular weight excluding hydrogens is 310 g/mol. The molecule has 1 amide bonds. The Hall–Kier alpha value is -1.66. The monoisotopic (exact) mass is 337 g/mol. The largest absolute Gasteiger partial charge is 0.455 e. The molecule has 0 aliphatic heterocycles. The standard InChI is InChI=1S/C18H27NO5/c1-12-15-13(20)10-18(2,3)11-14(15)24-16(12)17(21)19(6-8-22-4)7-9-23-5/h6-11H2,1-5H3. The van der Waals surface area contributed by atoms with E-state index >= 15 is 0 Å². The summed E-state index contributed by atoms with van der Waals surface area (Å²) in [5.41, 5.74) is 1.10. The smallest absolute Gasteiger partial charge is 0.290 e. The van der Waals surface area contributed by atoms with Gasteiger partial charge in [-0.2, -0.15) is 0 Å². The van der Waals surface area contributed by atoms with Crippen LogP contribution in [0, 0.1) is 12.3 Å². The Bertz CT molecular complexity index is 609. The molecule has 0 saturated heterocycles. The van der Waals surface area contributed by atoms with Gasteiger partial charge in [0, 0.05) is 45.7 Å². The molecule has 0 bridgehead atoms. The fourth-order valence-electron chi connectivity index (χ4n) is 3.15. The number of rotatable bonds is 7. The van der Waals surface area contributed by atoms with E-state index in [0.717, 1.165) is 0 Å². The van der Waals surface area contributed by atoms with Crippen LogP contribution in [0.25, 0.3) is 0 Å². The normalized spacial score (nSPS) is 16.1. The van der Waals surface area contributed by atoms with Gasteiger partial charge in [0.15, 0.2) is 11.5 Å². The van der Waals surface area contributed by atoms with Crippen molar-refractivity contribution in [3.63, 3.8) is 0 Å². The van der Waals surface area contributed by atoms with Crippen molar-refractivity contribution in [3.05, 3.63) is 22.6 Å². The fraction of sp³-hybridized carbons (Fsp3) is 0.667. The second-order valence-electron chi connectivity index (χ2n) is 7.07. The third-order valence-corrected chi connectivity index (χ3v) is 4.39. The van der Waals surface area contributed by atoms with Crippen LogP contribution in [0.3, 0.4) is 0 Å². The zero-order valence-electron chi connectivity index (χ0n) is 15.2. The van der Waals surface area contributed by atoms with Gasteiger partial charge in [0.25, 0.3) is 5.91 Å². The fourth-order valence-corrected chi connectivity index (χ4v) is 3.15. The number of fused-ring (bicyclic) bond motifs is 1. The number of nitrogens with zero attached hydrogens (tertiary/aromatic N) is 1. The van der Waals surface area contributed by atoms with Gasteiger partial charge in [-0.25, -0.2) is 0 Å². The molecule has 24 heavy (non-hydrogen) atoms. The molecule has 0 N–H and O–H groups in total. The molecule has 0 atom stereocenters. The average molecular weight is 337 g/mol. The van der Waals surface area contributed by atoms with Crippen molar-refractivity contribution in [2.24, 2.45) is 5.41 Å². The van der Waals surface area contributed by atoms with Crippen molar-refractivity contribution < 1.29 is 23.5 Å². The maximum absolute atomic E-state index is 12.9. The molecule has 6 heteroatoms. The third-order valence-electron chi connectivity index (χ3n) is 4.39. The first-order valence-electron chi connectivity index (χ1n) is 8.23. The van der Waals surface area contributed by atoms with Gasteiger partial charge in [-0.1, -0.05) is 13.8 Å². The quantitative estimate of drug-likeness (QED) is 0.764. The minimum absolute atomic E-state index is 0.0573. The van der Waals surface area contributed by atoms with Crippen LogP contribution in [0.15, 0.2) is 4.42 Å². The number of carbonyl (C=O) groups is 2. The van der Waals surface area contributed by atoms with E-state index in [2.05, 4.69) is 0 Å². The summed E-state index contributed by atoms with van der Waals surface area (Å²) in [5.74, 6) is 0.734. The Morgan fingerprint density at radius 2 is 1.75 bits per heavy atom. The summed E-state index contributed by atoms with van der Waals surface area (Å²) in [6.07, 6.45) is 1.14. The van der Waals surface area contributed by atoms with E-state index in [9.17, 15) is 9.59 Å². The van der Waals surface area contributed by atoms with Crippen molar-refractivity contribution in [1.29, 1.82) is 0 Å². The topological polar surface area (TPSA) is 69.0 Å². The second kappa shape index (κ2) is 7.49. The van der Waals surface area contributed by atoms with Gasteiger partial charge in [0.05, 0.1) is 18.8 Å². The van der Waals surface area contributed by atoms with Crippen molar-refractivity contribution in [2.75, 3.05) is 40.5 Å². The minimum atomic E-state index is -0.221. The summed E-state index contributed by atoms with van der Waals surface area (Å²) in [5, 5.41) is 0. The van der Waals surface area contributed by atoms with Crippen LogP contribution in [-0.4, -0.2) is 57.1 Å². The summed E-state index contributed by atoms with van der Waals surface area (Å²) >= 11 is 0. The van der Waals surface area contributed by atoms with E-state index < -0.39 is 0 Å². The van der Waals surface area contributed by atoms with Crippen LogP contribution >= 0.6 is 0 Å². The van der Waals surface area contributed by atoms with Crippen molar-refractivity contribution in [3.8, 4) is 0 Å². The molecule has 134 valence electrons. The predicted octanol–water partition coefficient (Wildman–Crippen LogP) is 2.48. The number of Topliss-reactive ketones (excluding diaryl/α,β-unsaturated/α-hetero) is 1. The van der Waals surface area contributed by atoms with Crippen molar-refractivity contribution in [1.82, 2.24) is 4.90 Å². The Morgan fingerprint density at radius 3 is 2.29 bits per heavy atom. The van der Waals surface area contributed by atoms with E-state index in [1.165, 1.54) is 0 Å². The molecule has 1 aliphatic rings. The lowest BCUT2D eigenvalue weighted by molar-refractivity contribution is 0.0593. The van der Waals surface area contributed by atoms with E-state index in [1.807, 2.05) is 13.8 Å². The van der Waals surface area contributed by atoms with Crippen molar-refractivity contribution >= 4 is 11.7 Å². The number of carbonyl (C=O) groups excluding carboxylic acids is 2. The zero-order valence-corrected chi connectivity index (χ0v) is 15.2. The first-order chi connectivity index (χ1) is 11.3. The van der Waals surface area contributed by atoms with E-state index in [-0.39, 0.29) is 22.9 Å². The summed E-state index contributed by atoms with van der Waals surface area (Å²) in [4.78, 5) is 27.0. The number of amides is 1. The van der Waals surface area contributed by atoms with Gasteiger partial charge in [-0.15, -0.1) is 0 Å². The molecule has 0 unspecified atom stereocenters. The molecule has 1 aromatic heterocycles. The lowest BCUT2D eigenvalue weighted by Gasteiger charge is -2.27. The Labute approximate surface area is 143 Å². The molecule has 6 nitrogen and oxygen atoms in total. The lowest BCUT2D eigenvalue weighted by Crippen LogP contribution is -2.36. The summed E-state index contributed by atoms with van der Waals surface area (Å²) in [6.45, 7) is 7.62. The average Bonchev–Trinajstić information content (AvgIpc) is 2.82. The molecule has 0 radical (unpaired) electrons. The van der Waals surface area contributed by atoms with Crippen LogP contribution in [0.2, 0.25) is 0 Å². The van der Waals surface area contributed by atoms with E-state index in [4.69, 9.17) is 13.9 Å². The summed E-state index contributed by atoms with van der Waals surface area (Å²) in [6, 6.07) is 0. The molecule has 2 rings (SSSR count). The zero-order chi connectivity index (χ0) is 17.9. The molecule has 1 aromatic rings. The first kappa shape index (κ1) is 18.7. The van der Waals surface area contributed by atoms with Gasteiger partial charge >= 0.3 is 0 Å². The number of methoxy groups -OCH3 is 2. The van der Waals surface area contributed by atoms with Crippen LogP contribution in [0.5, 0.6) is 0 Å². The highest BCUT2D eigenvalue weighted by atomic mass is 16.5. The SMILES string of the molecule is COCCN(CCOC)C(=O)c1oc2c(c1C)C(=O)CC(C)(C)C2. The van der Waals surface area contributed by atoms with E-state index in [0.29, 0.717) is 56.0 Å². The van der Waals surface area contributed by atoms with Crippen LogP contribution < -0.4 is 0 Å². The van der Waals surface area contributed by atoms with Gasteiger partial charge in [0.1, 0.15) is 5.76 Å². The first-order valence-corrected chi connectivity index (χ1v) is 8.23. The third kappa shape index (κ3) is 3.87. The molecule has 0 aromatic carbocycles. The molecule has 0 fully saturated rings. The van der Waals surface area contributed by atoms with Crippen LogP contribution in [0.4, 0.5) is 0 Å².